The second kappa shape index (κ2) is 8.40. The molecule has 0 aromatic heterocycles. The molecule has 25 heavy (non-hydrogen) atoms. The van der Waals surface area contributed by atoms with Crippen LogP contribution in [-0.4, -0.2) is 44.9 Å². The molecule has 1 aromatic carbocycles. The Morgan fingerprint density at radius 3 is 2.76 bits per heavy atom. The summed E-state index contributed by atoms with van der Waals surface area (Å²) in [6.45, 7) is 3.21. The number of guanidine groups is 1. The van der Waals surface area contributed by atoms with Gasteiger partial charge in [-0.3, -0.25) is 4.99 Å². The molecule has 1 heterocycles. The summed E-state index contributed by atoms with van der Waals surface area (Å²) in [6.07, 6.45) is -3.25. The molecular formula is C17H24F4N4. The zero-order valence-corrected chi connectivity index (χ0v) is 14.5. The van der Waals surface area contributed by atoms with Crippen molar-refractivity contribution in [3.8, 4) is 0 Å². The van der Waals surface area contributed by atoms with E-state index in [9.17, 15) is 17.6 Å². The number of hydrogen-bond donors (Lipinski definition) is 2. The normalized spacial score (nSPS) is 19.0. The van der Waals surface area contributed by atoms with Gasteiger partial charge in [-0.1, -0.05) is 0 Å². The monoisotopic (exact) mass is 360 g/mol. The smallest absolute Gasteiger partial charge is 0.369 e. The zero-order valence-electron chi connectivity index (χ0n) is 14.5. The van der Waals surface area contributed by atoms with Gasteiger partial charge in [0.15, 0.2) is 5.96 Å². The lowest BCUT2D eigenvalue weighted by Gasteiger charge is -2.36. The second-order valence-corrected chi connectivity index (χ2v) is 6.22. The van der Waals surface area contributed by atoms with Gasteiger partial charge in [0.25, 0.3) is 0 Å². The topological polar surface area (TPSA) is 39.7 Å². The molecule has 0 spiro atoms. The van der Waals surface area contributed by atoms with E-state index in [-0.39, 0.29) is 18.4 Å². The van der Waals surface area contributed by atoms with Gasteiger partial charge < -0.3 is 15.5 Å². The van der Waals surface area contributed by atoms with Crippen LogP contribution >= 0.6 is 0 Å². The van der Waals surface area contributed by atoms with E-state index in [4.69, 9.17) is 0 Å². The van der Waals surface area contributed by atoms with Crippen molar-refractivity contribution in [1.29, 1.82) is 0 Å². The Morgan fingerprint density at radius 2 is 2.12 bits per heavy atom. The van der Waals surface area contributed by atoms with E-state index < -0.39 is 12.6 Å². The highest BCUT2D eigenvalue weighted by molar-refractivity contribution is 5.80. The number of rotatable bonds is 4. The summed E-state index contributed by atoms with van der Waals surface area (Å²) in [4.78, 5) is 6.15. The van der Waals surface area contributed by atoms with Gasteiger partial charge in [-0.15, -0.1) is 0 Å². The third kappa shape index (κ3) is 6.10. The molecule has 2 N–H and O–H groups in total. The highest BCUT2D eigenvalue weighted by atomic mass is 19.4. The van der Waals surface area contributed by atoms with Crippen molar-refractivity contribution in [2.45, 2.75) is 38.4 Å². The predicted molar refractivity (Wildman–Crippen MR) is 91.5 cm³/mol. The summed E-state index contributed by atoms with van der Waals surface area (Å²) >= 11 is 0. The van der Waals surface area contributed by atoms with Crippen molar-refractivity contribution in [1.82, 2.24) is 10.6 Å². The standard InChI is InChI=1S/C17H24F4N4/c1-12-10-13(18)5-6-15(12)25-9-3-4-14(11-25)24-16(22-2)23-8-7-17(19,20)21/h5-6,10,14H,3-4,7-9,11H2,1-2H3,(H2,22,23,24). The van der Waals surface area contributed by atoms with Gasteiger partial charge in [0.2, 0.25) is 0 Å². The van der Waals surface area contributed by atoms with Crippen molar-refractivity contribution in [2.75, 3.05) is 31.6 Å². The van der Waals surface area contributed by atoms with Gasteiger partial charge in [-0.25, -0.2) is 4.39 Å². The Hall–Kier alpha value is -1.99. The van der Waals surface area contributed by atoms with E-state index in [0.717, 1.165) is 30.6 Å². The number of nitrogens with zero attached hydrogens (tertiary/aromatic N) is 2. The number of anilines is 1. The fraction of sp³-hybridized carbons (Fsp3) is 0.588. The molecule has 0 saturated carbocycles. The summed E-state index contributed by atoms with van der Waals surface area (Å²) in [5, 5.41) is 5.88. The first kappa shape index (κ1) is 19.3. The van der Waals surface area contributed by atoms with Crippen molar-refractivity contribution in [2.24, 2.45) is 4.99 Å². The summed E-state index contributed by atoms with van der Waals surface area (Å²) in [5.74, 6) is 0.106. The molecule has 0 aliphatic carbocycles. The largest absolute Gasteiger partial charge is 0.390 e. The van der Waals surface area contributed by atoms with Crippen LogP contribution in [0.1, 0.15) is 24.8 Å². The fourth-order valence-electron chi connectivity index (χ4n) is 3.00. The number of hydrogen-bond acceptors (Lipinski definition) is 2. The molecule has 0 bridgehead atoms. The van der Waals surface area contributed by atoms with Crippen LogP contribution in [0.2, 0.25) is 0 Å². The predicted octanol–water partition coefficient (Wildman–Crippen LogP) is 3.22. The first-order valence-electron chi connectivity index (χ1n) is 8.33. The maximum Gasteiger partial charge on any atom is 0.390 e. The van der Waals surface area contributed by atoms with Crippen LogP contribution in [-0.2, 0) is 0 Å². The average molecular weight is 360 g/mol. The Labute approximate surface area is 145 Å². The first-order chi connectivity index (χ1) is 11.8. The van der Waals surface area contributed by atoms with Gasteiger partial charge in [-0.2, -0.15) is 13.2 Å². The van der Waals surface area contributed by atoms with Crippen molar-refractivity contribution in [3.63, 3.8) is 0 Å². The number of alkyl halides is 3. The van der Waals surface area contributed by atoms with Crippen molar-refractivity contribution >= 4 is 11.6 Å². The van der Waals surface area contributed by atoms with Gasteiger partial charge in [0.05, 0.1) is 6.42 Å². The van der Waals surface area contributed by atoms with Crippen LogP contribution in [0.5, 0.6) is 0 Å². The van der Waals surface area contributed by atoms with Crippen molar-refractivity contribution < 1.29 is 17.6 Å². The Balaban J connectivity index is 1.91. The number of halogens is 4. The maximum absolute atomic E-state index is 13.3. The number of nitrogens with one attached hydrogen (secondary N) is 2. The molecule has 1 aromatic rings. The van der Waals surface area contributed by atoms with E-state index >= 15 is 0 Å². The van der Waals surface area contributed by atoms with Gasteiger partial charge in [-0.05, 0) is 43.5 Å². The summed E-state index contributed by atoms with van der Waals surface area (Å²) in [7, 11) is 1.54. The molecule has 1 aliphatic heterocycles. The molecular weight excluding hydrogens is 336 g/mol. The number of aliphatic imine (C=N–C) groups is 1. The van der Waals surface area contributed by atoms with E-state index in [1.807, 2.05) is 6.92 Å². The molecule has 1 unspecified atom stereocenters. The molecule has 1 fully saturated rings. The Morgan fingerprint density at radius 1 is 1.36 bits per heavy atom. The van der Waals surface area contributed by atoms with Gasteiger partial charge >= 0.3 is 6.18 Å². The third-order valence-electron chi connectivity index (χ3n) is 4.19. The molecule has 0 radical (unpaired) electrons. The van der Waals surface area contributed by atoms with E-state index in [1.54, 1.807) is 6.07 Å². The zero-order chi connectivity index (χ0) is 18.4. The quantitative estimate of drug-likeness (QED) is 0.492. The molecule has 8 heteroatoms. The second-order valence-electron chi connectivity index (χ2n) is 6.22. The minimum atomic E-state index is -4.19. The molecule has 2 rings (SSSR count). The average Bonchev–Trinajstić information content (AvgIpc) is 2.53. The Bertz CT molecular complexity index is 601. The van der Waals surface area contributed by atoms with Crippen LogP contribution < -0.4 is 15.5 Å². The highest BCUT2D eigenvalue weighted by Gasteiger charge is 2.27. The molecule has 4 nitrogen and oxygen atoms in total. The minimum Gasteiger partial charge on any atom is -0.369 e. The molecule has 1 aliphatic rings. The summed E-state index contributed by atoms with van der Waals surface area (Å²) in [5.41, 5.74) is 1.85. The van der Waals surface area contributed by atoms with E-state index in [0.29, 0.717) is 12.5 Å². The van der Waals surface area contributed by atoms with Crippen molar-refractivity contribution in [3.05, 3.63) is 29.6 Å². The van der Waals surface area contributed by atoms with Crippen LogP contribution in [0, 0.1) is 12.7 Å². The Kier molecular flexibility index (Phi) is 6.50. The number of aryl methyl sites for hydroxylation is 1. The molecule has 0 amide bonds. The summed E-state index contributed by atoms with van der Waals surface area (Å²) < 4.78 is 50.0. The van der Waals surface area contributed by atoms with Crippen LogP contribution in [0.4, 0.5) is 23.2 Å². The van der Waals surface area contributed by atoms with E-state index in [2.05, 4.69) is 20.5 Å². The van der Waals surface area contributed by atoms with Crippen LogP contribution in [0.3, 0.4) is 0 Å². The first-order valence-corrected chi connectivity index (χ1v) is 8.33. The lowest BCUT2D eigenvalue weighted by molar-refractivity contribution is -0.132. The van der Waals surface area contributed by atoms with Gasteiger partial charge in [0.1, 0.15) is 5.82 Å². The number of benzene rings is 1. The van der Waals surface area contributed by atoms with E-state index in [1.165, 1.54) is 19.2 Å². The molecule has 140 valence electrons. The van der Waals surface area contributed by atoms with Crippen LogP contribution in [0.25, 0.3) is 0 Å². The fourth-order valence-corrected chi connectivity index (χ4v) is 3.00. The third-order valence-corrected chi connectivity index (χ3v) is 4.19. The molecule has 1 atom stereocenters. The minimum absolute atomic E-state index is 0.0651. The lowest BCUT2D eigenvalue weighted by atomic mass is 10.0. The number of piperidine rings is 1. The lowest BCUT2D eigenvalue weighted by Crippen LogP contribution is -2.51. The summed E-state index contributed by atoms with van der Waals surface area (Å²) in [6, 6.07) is 4.78. The SMILES string of the molecule is CN=C(NCCC(F)(F)F)NC1CCCN(c2ccc(F)cc2C)C1. The van der Waals surface area contributed by atoms with Crippen LogP contribution in [0.15, 0.2) is 23.2 Å². The van der Waals surface area contributed by atoms with Gasteiger partial charge in [0, 0.05) is 38.4 Å². The highest BCUT2D eigenvalue weighted by Crippen LogP contribution is 2.24. The molecule has 1 saturated heterocycles. The maximum atomic E-state index is 13.3.